The number of fused-ring (bicyclic) bond motifs is 1. The number of aromatic nitrogens is 1. The predicted molar refractivity (Wildman–Crippen MR) is 189 cm³/mol. The summed E-state index contributed by atoms with van der Waals surface area (Å²) in [5, 5.41) is 11.6. The topological polar surface area (TPSA) is 98.1 Å². The lowest BCUT2D eigenvalue weighted by Gasteiger charge is -2.28. The van der Waals surface area contributed by atoms with Crippen LogP contribution in [0.25, 0.3) is 0 Å². The second kappa shape index (κ2) is 14.1. The van der Waals surface area contributed by atoms with Gasteiger partial charge in [0, 0.05) is 36.7 Å². The summed E-state index contributed by atoms with van der Waals surface area (Å²) in [5.74, 6) is -0.105. The summed E-state index contributed by atoms with van der Waals surface area (Å²) in [5.41, 5.74) is 4.24. The van der Waals surface area contributed by atoms with E-state index >= 15 is 0 Å². The molecule has 0 spiro atoms. The molecule has 2 heterocycles. The molecule has 234 valence electrons. The zero-order chi connectivity index (χ0) is 31.7. The third-order valence-corrected chi connectivity index (χ3v) is 9.97. The van der Waals surface area contributed by atoms with E-state index in [-0.39, 0.29) is 54.9 Å². The molecule has 1 aliphatic heterocycles. The first-order valence-electron chi connectivity index (χ1n) is 14.8. The SMILES string of the molecule is COc1cc(P)c([C@@H]2CN(c3c(C)c4c(n(CCO)c3=O)CCCC4)C(=O)[C@H]2CC(=O)c2ccc(OC(P)P)cc2)c(P)c1. The van der Waals surface area contributed by atoms with Crippen molar-refractivity contribution in [3.05, 3.63) is 74.7 Å². The first kappa shape index (κ1) is 33.2. The number of ether oxygens (including phenoxy) is 2. The van der Waals surface area contributed by atoms with Gasteiger partial charge in [-0.25, -0.2) is 0 Å². The first-order chi connectivity index (χ1) is 21.0. The molecule has 1 N–H and O–H groups in total. The Hall–Kier alpha value is -2.19. The second-order valence-electron chi connectivity index (χ2n) is 11.4. The number of aliphatic hydroxyl groups is 1. The maximum absolute atomic E-state index is 14.4. The Morgan fingerprint density at radius 3 is 2.32 bits per heavy atom. The minimum absolute atomic E-state index is 0.00878. The quantitative estimate of drug-likeness (QED) is 0.262. The highest BCUT2D eigenvalue weighted by atomic mass is 31.1. The van der Waals surface area contributed by atoms with E-state index in [9.17, 15) is 19.5 Å². The van der Waals surface area contributed by atoms with E-state index in [4.69, 9.17) is 9.47 Å². The van der Waals surface area contributed by atoms with Gasteiger partial charge < -0.3 is 24.0 Å². The molecule has 2 aliphatic rings. The van der Waals surface area contributed by atoms with Crippen LogP contribution in [0.3, 0.4) is 0 Å². The monoisotopic (exact) mass is 672 g/mol. The second-order valence-corrected chi connectivity index (χ2v) is 14.7. The molecule has 1 aliphatic carbocycles. The Morgan fingerprint density at radius 2 is 1.70 bits per heavy atom. The van der Waals surface area contributed by atoms with Crippen LogP contribution in [0.5, 0.6) is 11.5 Å². The number of carbonyl (C=O) groups is 2. The molecule has 1 amide bonds. The van der Waals surface area contributed by atoms with E-state index in [0.29, 0.717) is 22.7 Å². The average Bonchev–Trinajstić information content (AvgIpc) is 3.29. The fourth-order valence-corrected chi connectivity index (χ4v) is 8.29. The number of rotatable bonds is 10. The number of methoxy groups -OCH3 is 1. The number of benzene rings is 2. The minimum atomic E-state index is -0.685. The van der Waals surface area contributed by atoms with E-state index < -0.39 is 5.92 Å². The highest BCUT2D eigenvalue weighted by Gasteiger charge is 2.45. The largest absolute Gasteiger partial charge is 0.497 e. The molecule has 0 bridgehead atoms. The molecule has 5 rings (SSSR count). The van der Waals surface area contributed by atoms with Gasteiger partial charge in [0.2, 0.25) is 5.91 Å². The molecule has 0 saturated carbocycles. The number of anilines is 1. The fourth-order valence-electron chi connectivity index (χ4n) is 6.72. The standard InChI is InChI=1S/C32H40N2O6P4/c1-17-21-5-3-4-6-24(21)33(11-12-35)31(38)29(17)34-16-23(28-26(41)13-20(39-2)14-27(28)42)22(30(34)37)15-25(36)18-7-9-19(10-8-18)40-32(43)44/h7-10,13-14,22-23,32,35H,3-6,11-12,15-16,41-44H2,1-2H3/t22-,23+/m0/s1. The maximum Gasteiger partial charge on any atom is 0.275 e. The van der Waals surface area contributed by atoms with Gasteiger partial charge in [-0.3, -0.25) is 14.4 Å². The van der Waals surface area contributed by atoms with Crippen LogP contribution in [0.4, 0.5) is 5.69 Å². The molecule has 1 aromatic heterocycles. The Labute approximate surface area is 267 Å². The zero-order valence-corrected chi connectivity index (χ0v) is 29.7. The average molecular weight is 673 g/mol. The van der Waals surface area contributed by atoms with Crippen molar-refractivity contribution in [2.45, 2.75) is 57.1 Å². The maximum atomic E-state index is 14.4. The summed E-state index contributed by atoms with van der Waals surface area (Å²) in [6, 6.07) is 10.8. The summed E-state index contributed by atoms with van der Waals surface area (Å²) >= 11 is 0. The molecular weight excluding hydrogens is 632 g/mol. The lowest BCUT2D eigenvalue weighted by Crippen LogP contribution is -2.38. The number of hydrogen-bond acceptors (Lipinski definition) is 6. The summed E-state index contributed by atoms with van der Waals surface area (Å²) in [4.78, 5) is 43.8. The summed E-state index contributed by atoms with van der Waals surface area (Å²) in [6.07, 6.45) is 3.59. The number of nitrogens with zero attached hydrogens (tertiary/aromatic N) is 2. The fraction of sp³-hybridized carbons (Fsp3) is 0.406. The van der Waals surface area contributed by atoms with Crippen LogP contribution in [0, 0.1) is 12.8 Å². The third kappa shape index (κ3) is 6.53. The van der Waals surface area contributed by atoms with E-state index in [1.54, 1.807) is 40.8 Å². The summed E-state index contributed by atoms with van der Waals surface area (Å²) < 4.78 is 12.8. The van der Waals surface area contributed by atoms with Crippen molar-refractivity contribution in [3.8, 4) is 11.5 Å². The molecule has 44 heavy (non-hydrogen) atoms. The first-order valence-corrected chi connectivity index (χ1v) is 17.3. The normalized spacial score (nSPS) is 18.1. The van der Waals surface area contributed by atoms with Gasteiger partial charge in [0.25, 0.3) is 5.56 Å². The smallest absolute Gasteiger partial charge is 0.275 e. The molecule has 3 aromatic rings. The van der Waals surface area contributed by atoms with Gasteiger partial charge in [0.05, 0.1) is 19.6 Å². The zero-order valence-electron chi connectivity index (χ0n) is 25.0. The van der Waals surface area contributed by atoms with Crippen molar-refractivity contribution < 1.29 is 24.2 Å². The lowest BCUT2D eigenvalue weighted by molar-refractivity contribution is -0.120. The van der Waals surface area contributed by atoms with Gasteiger partial charge >= 0.3 is 0 Å². The molecular formula is C32H40N2O6P4. The Bertz CT molecular complexity index is 1620. The number of hydrogen-bond donors (Lipinski definition) is 1. The van der Waals surface area contributed by atoms with Gasteiger partial charge in [-0.05, 0) is 96.3 Å². The Morgan fingerprint density at radius 1 is 1.05 bits per heavy atom. The number of pyridine rings is 1. The van der Waals surface area contributed by atoms with Crippen LogP contribution in [0.15, 0.2) is 41.2 Å². The van der Waals surface area contributed by atoms with Crippen LogP contribution in [-0.4, -0.2) is 47.2 Å². The van der Waals surface area contributed by atoms with Crippen molar-refractivity contribution in [1.82, 2.24) is 4.57 Å². The van der Waals surface area contributed by atoms with Crippen LogP contribution >= 0.6 is 37.0 Å². The number of Topliss-reactive ketones (excluding diaryl/α,β-unsaturated/α-hetero) is 1. The van der Waals surface area contributed by atoms with Crippen molar-refractivity contribution in [1.29, 1.82) is 0 Å². The van der Waals surface area contributed by atoms with Gasteiger partial charge in [-0.15, -0.1) is 18.5 Å². The number of ketones is 1. The minimum Gasteiger partial charge on any atom is -0.497 e. The Kier molecular flexibility index (Phi) is 10.6. The van der Waals surface area contributed by atoms with Crippen LogP contribution in [0.2, 0.25) is 0 Å². The Balaban J connectivity index is 1.58. The number of amides is 1. The van der Waals surface area contributed by atoms with Gasteiger partial charge in [0.1, 0.15) is 22.8 Å². The predicted octanol–water partition coefficient (Wildman–Crippen LogP) is 3.47. The van der Waals surface area contributed by atoms with Gasteiger partial charge in [-0.2, -0.15) is 0 Å². The van der Waals surface area contributed by atoms with Crippen LogP contribution in [0.1, 0.15) is 57.9 Å². The van der Waals surface area contributed by atoms with Crippen LogP contribution in [-0.2, 0) is 24.2 Å². The molecule has 12 heteroatoms. The van der Waals surface area contributed by atoms with E-state index in [2.05, 4.69) is 37.0 Å². The van der Waals surface area contributed by atoms with Crippen molar-refractivity contribution in [2.75, 3.05) is 25.2 Å². The number of aliphatic hydroxyl groups excluding tert-OH is 1. The molecule has 4 unspecified atom stereocenters. The molecule has 2 aromatic carbocycles. The van der Waals surface area contributed by atoms with E-state index in [0.717, 1.165) is 58.7 Å². The van der Waals surface area contributed by atoms with E-state index in [1.165, 1.54) is 0 Å². The lowest BCUT2D eigenvalue weighted by atomic mass is 9.84. The number of carbonyl (C=O) groups excluding carboxylic acids is 2. The van der Waals surface area contributed by atoms with Gasteiger partial charge in [0.15, 0.2) is 5.78 Å². The molecule has 0 radical (unpaired) electrons. The van der Waals surface area contributed by atoms with Crippen LogP contribution < -0.4 is 30.5 Å². The van der Waals surface area contributed by atoms with Crippen molar-refractivity contribution in [2.24, 2.45) is 5.92 Å². The van der Waals surface area contributed by atoms with Gasteiger partial charge in [-0.1, -0.05) is 18.5 Å². The molecule has 1 saturated heterocycles. The summed E-state index contributed by atoms with van der Waals surface area (Å²) in [7, 11) is 12.2. The van der Waals surface area contributed by atoms with Crippen molar-refractivity contribution in [3.63, 3.8) is 0 Å². The highest BCUT2D eigenvalue weighted by molar-refractivity contribution is 7.37. The summed E-state index contributed by atoms with van der Waals surface area (Å²) in [6.45, 7) is 2.20. The van der Waals surface area contributed by atoms with Crippen molar-refractivity contribution >= 4 is 64.9 Å². The molecule has 6 atom stereocenters. The third-order valence-electron chi connectivity index (χ3n) is 8.74. The molecule has 8 nitrogen and oxygen atoms in total. The van der Waals surface area contributed by atoms with E-state index in [1.807, 2.05) is 19.1 Å². The highest BCUT2D eigenvalue weighted by Crippen LogP contribution is 2.40. The molecule has 1 fully saturated rings.